The number of hydrogen-bond acceptors (Lipinski definition) is 3. The van der Waals surface area contributed by atoms with Gasteiger partial charge in [-0.15, -0.1) is 0 Å². The van der Waals surface area contributed by atoms with E-state index in [1.54, 1.807) is 18.2 Å². The van der Waals surface area contributed by atoms with E-state index in [2.05, 4.69) is 18.3 Å². The van der Waals surface area contributed by atoms with Gasteiger partial charge in [0.25, 0.3) is 5.91 Å². The Hall–Kier alpha value is -3.58. The van der Waals surface area contributed by atoms with E-state index in [0.29, 0.717) is 29.2 Å². The molecule has 4 nitrogen and oxygen atoms in total. The highest BCUT2D eigenvalue weighted by Crippen LogP contribution is 2.20. The Balaban J connectivity index is 1.64. The number of nitrogens with zero attached hydrogens (tertiary/aromatic N) is 1. The topological polar surface area (TPSA) is 62.1 Å². The molecule has 0 aromatic heterocycles. The number of rotatable bonds is 6. The molecule has 0 fully saturated rings. The molecule has 27 heavy (non-hydrogen) atoms. The van der Waals surface area contributed by atoms with Crippen molar-refractivity contribution < 1.29 is 9.53 Å². The Labute approximate surface area is 159 Å². The van der Waals surface area contributed by atoms with Crippen molar-refractivity contribution >= 4 is 11.6 Å². The molecule has 3 aromatic rings. The summed E-state index contributed by atoms with van der Waals surface area (Å²) >= 11 is 0. The van der Waals surface area contributed by atoms with Gasteiger partial charge >= 0.3 is 0 Å². The van der Waals surface area contributed by atoms with E-state index in [1.165, 1.54) is 5.56 Å². The molecular formula is C23H20N2O2. The zero-order valence-corrected chi connectivity index (χ0v) is 15.1. The van der Waals surface area contributed by atoms with E-state index in [4.69, 9.17) is 10.00 Å². The Morgan fingerprint density at radius 2 is 1.78 bits per heavy atom. The standard InChI is InChI=1S/C23H20N2O2/c1-2-17-9-11-20(12-10-17)23(26)25-21-7-4-8-22(14-21)27-16-19-6-3-5-18(13-19)15-24/h3-14H,2,16H2,1H3,(H,25,26). The van der Waals surface area contributed by atoms with Gasteiger partial charge in [-0.1, -0.05) is 37.3 Å². The second kappa shape index (κ2) is 8.68. The average Bonchev–Trinajstić information content (AvgIpc) is 2.72. The zero-order valence-electron chi connectivity index (χ0n) is 15.1. The largest absolute Gasteiger partial charge is 0.489 e. The number of ether oxygens (including phenoxy) is 1. The first kappa shape index (κ1) is 18.2. The SMILES string of the molecule is CCc1ccc(C(=O)Nc2cccc(OCc3cccc(C#N)c3)c2)cc1. The van der Waals surface area contributed by atoms with Crippen molar-refractivity contribution in [3.63, 3.8) is 0 Å². The first-order valence-corrected chi connectivity index (χ1v) is 8.80. The van der Waals surface area contributed by atoms with Gasteiger partial charge in [0.1, 0.15) is 12.4 Å². The van der Waals surface area contributed by atoms with Gasteiger partial charge in [0, 0.05) is 17.3 Å². The summed E-state index contributed by atoms with van der Waals surface area (Å²) in [7, 11) is 0. The number of carbonyl (C=O) groups excluding carboxylic acids is 1. The first-order chi connectivity index (χ1) is 13.2. The highest BCUT2D eigenvalue weighted by Gasteiger charge is 2.07. The molecular weight excluding hydrogens is 336 g/mol. The third-order valence-corrected chi connectivity index (χ3v) is 4.18. The van der Waals surface area contributed by atoms with Gasteiger partial charge in [0.2, 0.25) is 0 Å². The predicted molar refractivity (Wildman–Crippen MR) is 106 cm³/mol. The van der Waals surface area contributed by atoms with Gasteiger partial charge in [0.15, 0.2) is 0 Å². The van der Waals surface area contributed by atoms with Gasteiger partial charge in [-0.2, -0.15) is 5.26 Å². The number of benzene rings is 3. The molecule has 0 radical (unpaired) electrons. The Kier molecular flexibility index (Phi) is 5.86. The molecule has 0 aliphatic heterocycles. The van der Waals surface area contributed by atoms with Gasteiger partial charge in [-0.3, -0.25) is 4.79 Å². The highest BCUT2D eigenvalue weighted by atomic mass is 16.5. The highest BCUT2D eigenvalue weighted by molar-refractivity contribution is 6.04. The second-order valence-electron chi connectivity index (χ2n) is 6.13. The summed E-state index contributed by atoms with van der Waals surface area (Å²) in [5, 5.41) is 11.9. The molecule has 0 saturated heterocycles. The van der Waals surface area contributed by atoms with Crippen LogP contribution in [0, 0.1) is 11.3 Å². The smallest absolute Gasteiger partial charge is 0.255 e. The van der Waals surface area contributed by atoms with Crippen LogP contribution in [0.3, 0.4) is 0 Å². The molecule has 0 unspecified atom stereocenters. The minimum absolute atomic E-state index is 0.156. The minimum atomic E-state index is -0.156. The maximum Gasteiger partial charge on any atom is 0.255 e. The van der Waals surface area contributed by atoms with Crippen LogP contribution in [0.1, 0.15) is 34.0 Å². The van der Waals surface area contributed by atoms with E-state index < -0.39 is 0 Å². The lowest BCUT2D eigenvalue weighted by molar-refractivity contribution is 0.102. The van der Waals surface area contributed by atoms with E-state index in [1.807, 2.05) is 54.6 Å². The number of hydrogen-bond donors (Lipinski definition) is 1. The van der Waals surface area contributed by atoms with Crippen LogP contribution in [0.4, 0.5) is 5.69 Å². The Morgan fingerprint density at radius 3 is 2.52 bits per heavy atom. The molecule has 3 aromatic carbocycles. The summed E-state index contributed by atoms with van der Waals surface area (Å²) in [6.07, 6.45) is 0.943. The molecule has 1 amide bonds. The van der Waals surface area contributed by atoms with Crippen molar-refractivity contribution in [1.29, 1.82) is 5.26 Å². The Morgan fingerprint density at radius 1 is 1.00 bits per heavy atom. The number of nitrogens with one attached hydrogen (secondary N) is 1. The number of carbonyl (C=O) groups is 1. The van der Waals surface area contributed by atoms with Crippen molar-refractivity contribution in [3.05, 3.63) is 95.1 Å². The summed E-state index contributed by atoms with van der Waals surface area (Å²) in [5.41, 5.74) is 4.00. The van der Waals surface area contributed by atoms with E-state index in [-0.39, 0.29) is 5.91 Å². The lowest BCUT2D eigenvalue weighted by Crippen LogP contribution is -2.11. The summed E-state index contributed by atoms with van der Waals surface area (Å²) in [6.45, 7) is 2.43. The fourth-order valence-corrected chi connectivity index (χ4v) is 2.66. The van der Waals surface area contributed by atoms with Crippen LogP contribution in [0.5, 0.6) is 5.75 Å². The molecule has 0 heterocycles. The van der Waals surface area contributed by atoms with Gasteiger partial charge in [0.05, 0.1) is 11.6 Å². The fourth-order valence-electron chi connectivity index (χ4n) is 2.66. The molecule has 0 saturated carbocycles. The molecule has 1 N–H and O–H groups in total. The van der Waals surface area contributed by atoms with Crippen LogP contribution >= 0.6 is 0 Å². The van der Waals surface area contributed by atoms with Crippen molar-refractivity contribution in [2.24, 2.45) is 0 Å². The van der Waals surface area contributed by atoms with Crippen LogP contribution in [0.2, 0.25) is 0 Å². The summed E-state index contributed by atoms with van der Waals surface area (Å²) in [5.74, 6) is 0.494. The van der Waals surface area contributed by atoms with Crippen LogP contribution in [-0.4, -0.2) is 5.91 Å². The lowest BCUT2D eigenvalue weighted by atomic mass is 10.1. The molecule has 0 atom stereocenters. The molecule has 3 rings (SSSR count). The Bertz CT molecular complexity index is 972. The maximum atomic E-state index is 12.4. The zero-order chi connectivity index (χ0) is 19.1. The van der Waals surface area contributed by atoms with Crippen LogP contribution in [0.15, 0.2) is 72.8 Å². The lowest BCUT2D eigenvalue weighted by Gasteiger charge is -2.10. The number of aryl methyl sites for hydroxylation is 1. The van der Waals surface area contributed by atoms with Crippen molar-refractivity contribution in [2.45, 2.75) is 20.0 Å². The number of nitriles is 1. The van der Waals surface area contributed by atoms with Crippen LogP contribution in [-0.2, 0) is 13.0 Å². The molecule has 0 aliphatic rings. The van der Waals surface area contributed by atoms with Crippen molar-refractivity contribution in [1.82, 2.24) is 0 Å². The van der Waals surface area contributed by atoms with Gasteiger partial charge in [-0.05, 0) is 53.9 Å². The van der Waals surface area contributed by atoms with E-state index in [0.717, 1.165) is 12.0 Å². The van der Waals surface area contributed by atoms with Crippen molar-refractivity contribution in [2.75, 3.05) is 5.32 Å². The third-order valence-electron chi connectivity index (χ3n) is 4.18. The molecule has 0 spiro atoms. The maximum absolute atomic E-state index is 12.4. The van der Waals surface area contributed by atoms with Crippen molar-refractivity contribution in [3.8, 4) is 11.8 Å². The molecule has 0 aliphatic carbocycles. The van der Waals surface area contributed by atoms with E-state index >= 15 is 0 Å². The monoisotopic (exact) mass is 356 g/mol. The fraction of sp³-hybridized carbons (Fsp3) is 0.130. The third kappa shape index (κ3) is 4.96. The molecule has 0 bridgehead atoms. The van der Waals surface area contributed by atoms with Gasteiger partial charge in [-0.25, -0.2) is 0 Å². The first-order valence-electron chi connectivity index (χ1n) is 8.80. The van der Waals surface area contributed by atoms with Crippen LogP contribution < -0.4 is 10.1 Å². The predicted octanol–water partition coefficient (Wildman–Crippen LogP) is 4.95. The summed E-state index contributed by atoms with van der Waals surface area (Å²) in [4.78, 5) is 12.4. The number of anilines is 1. The summed E-state index contributed by atoms with van der Waals surface area (Å²) < 4.78 is 5.79. The minimum Gasteiger partial charge on any atom is -0.489 e. The van der Waals surface area contributed by atoms with Crippen LogP contribution in [0.25, 0.3) is 0 Å². The quantitative estimate of drug-likeness (QED) is 0.679. The normalized spacial score (nSPS) is 10.1. The summed E-state index contributed by atoms with van der Waals surface area (Å²) in [6, 6.07) is 24.3. The molecule has 4 heteroatoms. The number of amides is 1. The molecule has 134 valence electrons. The van der Waals surface area contributed by atoms with Gasteiger partial charge < -0.3 is 10.1 Å². The van der Waals surface area contributed by atoms with E-state index in [9.17, 15) is 4.79 Å². The average molecular weight is 356 g/mol. The second-order valence-corrected chi connectivity index (χ2v) is 6.13.